The molecule has 0 rings (SSSR count). The molecule has 0 aromatic rings. The van der Waals surface area contributed by atoms with E-state index < -0.39 is 48.4 Å². The van der Waals surface area contributed by atoms with Crippen LogP contribution in [0.5, 0.6) is 0 Å². The van der Waals surface area contributed by atoms with Crippen molar-refractivity contribution in [3.63, 3.8) is 0 Å². The SMILES string of the molecule is NC(CCC(=O)NC(CS)C(=O)NCC(=O)O)C(=O)O.O=C(O)CS. The highest BCUT2D eigenvalue weighted by atomic mass is 32.1. The maximum absolute atomic E-state index is 11.5. The second kappa shape index (κ2) is 14.4. The lowest BCUT2D eigenvalue weighted by Crippen LogP contribution is -2.49. The summed E-state index contributed by atoms with van der Waals surface area (Å²) in [6.07, 6.45) is -0.235. The molecule has 0 aromatic heterocycles. The van der Waals surface area contributed by atoms with E-state index in [1.807, 2.05) is 0 Å². The monoisotopic (exact) mass is 399 g/mol. The van der Waals surface area contributed by atoms with Crippen LogP contribution in [0, 0.1) is 0 Å². The Kier molecular flexibility index (Phi) is 14.5. The van der Waals surface area contributed by atoms with Gasteiger partial charge in [-0.3, -0.25) is 24.0 Å². The Bertz CT molecular complexity index is 489. The van der Waals surface area contributed by atoms with Crippen LogP contribution >= 0.6 is 25.3 Å². The summed E-state index contributed by atoms with van der Waals surface area (Å²) in [5.74, 6) is -4.67. The highest BCUT2D eigenvalue weighted by molar-refractivity contribution is 7.81. The van der Waals surface area contributed by atoms with Gasteiger partial charge in [-0.1, -0.05) is 0 Å². The van der Waals surface area contributed by atoms with Crippen LogP contribution in [0.25, 0.3) is 0 Å². The number of hydrogen-bond acceptors (Lipinski definition) is 8. The number of carbonyl (C=O) groups excluding carboxylic acids is 2. The van der Waals surface area contributed by atoms with Gasteiger partial charge in [-0.25, -0.2) is 0 Å². The Morgan fingerprint density at radius 3 is 1.88 bits per heavy atom. The summed E-state index contributed by atoms with van der Waals surface area (Å²) in [7, 11) is 0. The molecular weight excluding hydrogens is 378 g/mol. The minimum Gasteiger partial charge on any atom is -0.481 e. The largest absolute Gasteiger partial charge is 0.481 e. The van der Waals surface area contributed by atoms with E-state index in [-0.39, 0.29) is 24.3 Å². The van der Waals surface area contributed by atoms with Crippen molar-refractivity contribution < 1.29 is 39.3 Å². The van der Waals surface area contributed by atoms with Gasteiger partial charge in [0, 0.05) is 12.2 Å². The Hall–Kier alpha value is -1.99. The summed E-state index contributed by atoms with van der Waals surface area (Å²) < 4.78 is 0. The minimum absolute atomic E-state index is 0.0256. The Balaban J connectivity index is 0. The topological polar surface area (TPSA) is 196 Å². The molecule has 2 atom stereocenters. The maximum Gasteiger partial charge on any atom is 0.322 e. The quantitative estimate of drug-likeness (QED) is 0.188. The normalized spacial score (nSPS) is 12.0. The van der Waals surface area contributed by atoms with Crippen molar-refractivity contribution in [3.05, 3.63) is 0 Å². The first kappa shape index (κ1) is 25.3. The van der Waals surface area contributed by atoms with Crippen molar-refractivity contribution in [2.45, 2.75) is 24.9 Å². The first-order valence-corrected chi connectivity index (χ1v) is 8.02. The number of hydrogen-bond donors (Lipinski definition) is 8. The van der Waals surface area contributed by atoms with Crippen LogP contribution in [-0.4, -0.2) is 75.2 Å². The average Bonchev–Trinajstić information content (AvgIpc) is 2.55. The zero-order valence-corrected chi connectivity index (χ0v) is 14.8. The van der Waals surface area contributed by atoms with Gasteiger partial charge in [-0.2, -0.15) is 25.3 Å². The molecule has 0 saturated heterocycles. The Labute approximate surface area is 154 Å². The van der Waals surface area contributed by atoms with Crippen LogP contribution in [-0.2, 0) is 24.0 Å². The number of rotatable bonds is 10. The standard InChI is InChI=1S/C10H17N3O6S.C2H4O2S/c11-5(10(18)19)1-2-7(14)13-6(4-20)9(17)12-3-8(15)16;3-2(4)1-5/h5-6,20H,1-4,11H2,(H,12,17)(H,13,14)(H,15,16)(H,18,19);5H,1H2,(H,3,4). The number of nitrogens with two attached hydrogens (primary N) is 1. The zero-order chi connectivity index (χ0) is 20.0. The second-order valence-corrected chi connectivity index (χ2v) is 5.13. The number of carboxylic acids is 3. The smallest absolute Gasteiger partial charge is 0.322 e. The summed E-state index contributed by atoms with van der Waals surface area (Å²) in [4.78, 5) is 53.0. The molecule has 2 amide bonds. The summed E-state index contributed by atoms with van der Waals surface area (Å²) in [5, 5.41) is 29.0. The van der Waals surface area contributed by atoms with Gasteiger partial charge in [0.05, 0.1) is 5.75 Å². The van der Waals surface area contributed by atoms with E-state index >= 15 is 0 Å². The van der Waals surface area contributed by atoms with Gasteiger partial charge in [-0.15, -0.1) is 0 Å². The van der Waals surface area contributed by atoms with E-state index in [1.165, 1.54) is 0 Å². The third-order valence-corrected chi connectivity index (χ3v) is 3.02. The number of nitrogens with one attached hydrogen (secondary N) is 2. The first-order chi connectivity index (χ1) is 11.5. The molecule has 0 aliphatic heterocycles. The highest BCUT2D eigenvalue weighted by Crippen LogP contribution is 1.97. The molecule has 0 saturated carbocycles. The Morgan fingerprint density at radius 2 is 1.52 bits per heavy atom. The number of carbonyl (C=O) groups is 5. The van der Waals surface area contributed by atoms with Gasteiger partial charge in [0.1, 0.15) is 18.6 Å². The summed E-state index contributed by atoms with van der Waals surface area (Å²) >= 11 is 7.29. The lowest BCUT2D eigenvalue weighted by Gasteiger charge is -2.16. The average molecular weight is 399 g/mol. The molecule has 0 spiro atoms. The third kappa shape index (κ3) is 15.3. The fraction of sp³-hybridized carbons (Fsp3) is 0.583. The van der Waals surface area contributed by atoms with Crippen molar-refractivity contribution in [2.24, 2.45) is 5.73 Å². The fourth-order valence-electron chi connectivity index (χ4n) is 1.16. The van der Waals surface area contributed by atoms with Crippen molar-refractivity contribution >= 4 is 55.0 Å². The number of aliphatic carboxylic acids is 3. The molecular formula is C12H21N3O8S2. The summed E-state index contributed by atoms with van der Waals surface area (Å²) in [5.41, 5.74) is 5.23. The van der Waals surface area contributed by atoms with E-state index in [1.54, 1.807) is 0 Å². The molecule has 144 valence electrons. The molecule has 13 heteroatoms. The van der Waals surface area contributed by atoms with E-state index in [9.17, 15) is 24.0 Å². The number of thiol groups is 2. The molecule has 0 aliphatic rings. The van der Waals surface area contributed by atoms with Crippen LogP contribution in [0.15, 0.2) is 0 Å². The van der Waals surface area contributed by atoms with Crippen LogP contribution in [0.4, 0.5) is 0 Å². The van der Waals surface area contributed by atoms with E-state index in [0.717, 1.165) is 0 Å². The third-order valence-electron chi connectivity index (χ3n) is 2.38. The van der Waals surface area contributed by atoms with E-state index in [4.69, 9.17) is 21.1 Å². The van der Waals surface area contributed by atoms with Crippen LogP contribution in [0.2, 0.25) is 0 Å². The summed E-state index contributed by atoms with van der Waals surface area (Å²) in [6, 6.07) is -2.15. The Morgan fingerprint density at radius 1 is 1.00 bits per heavy atom. The summed E-state index contributed by atoms with van der Waals surface area (Å²) in [6.45, 7) is -0.567. The van der Waals surface area contributed by atoms with Gasteiger partial charge >= 0.3 is 17.9 Å². The van der Waals surface area contributed by atoms with Crippen molar-refractivity contribution in [2.75, 3.05) is 18.1 Å². The molecule has 25 heavy (non-hydrogen) atoms. The minimum atomic E-state index is -1.22. The van der Waals surface area contributed by atoms with Gasteiger partial charge in [0.15, 0.2) is 0 Å². The highest BCUT2D eigenvalue weighted by Gasteiger charge is 2.20. The first-order valence-electron chi connectivity index (χ1n) is 6.75. The van der Waals surface area contributed by atoms with Crippen molar-refractivity contribution in [1.82, 2.24) is 10.6 Å². The van der Waals surface area contributed by atoms with Gasteiger partial charge in [-0.05, 0) is 6.42 Å². The molecule has 0 aromatic carbocycles. The van der Waals surface area contributed by atoms with E-state index in [2.05, 4.69) is 35.9 Å². The maximum atomic E-state index is 11.5. The van der Waals surface area contributed by atoms with Gasteiger partial charge in [0.2, 0.25) is 11.8 Å². The number of amides is 2. The predicted octanol–water partition coefficient (Wildman–Crippen LogP) is -2.21. The molecule has 0 fully saturated rings. The van der Waals surface area contributed by atoms with Crippen LogP contribution in [0.3, 0.4) is 0 Å². The second-order valence-electron chi connectivity index (χ2n) is 4.45. The fourth-order valence-corrected chi connectivity index (χ4v) is 1.41. The molecule has 0 aliphatic carbocycles. The zero-order valence-electron chi connectivity index (χ0n) is 13.0. The van der Waals surface area contributed by atoms with Gasteiger partial charge in [0.25, 0.3) is 0 Å². The molecule has 0 bridgehead atoms. The molecule has 2 unspecified atom stereocenters. The molecule has 0 heterocycles. The van der Waals surface area contributed by atoms with E-state index in [0.29, 0.717) is 0 Å². The van der Waals surface area contributed by atoms with Crippen LogP contribution in [0.1, 0.15) is 12.8 Å². The lowest BCUT2D eigenvalue weighted by molar-refractivity contribution is -0.139. The number of carboxylic acid groups (broad SMARTS) is 3. The predicted molar refractivity (Wildman–Crippen MR) is 92.8 cm³/mol. The molecule has 7 N–H and O–H groups in total. The van der Waals surface area contributed by atoms with Gasteiger partial charge < -0.3 is 31.7 Å². The lowest BCUT2D eigenvalue weighted by atomic mass is 10.1. The van der Waals surface area contributed by atoms with Crippen molar-refractivity contribution in [1.29, 1.82) is 0 Å². The molecule has 11 nitrogen and oxygen atoms in total. The van der Waals surface area contributed by atoms with Crippen LogP contribution < -0.4 is 16.4 Å². The van der Waals surface area contributed by atoms with Crippen molar-refractivity contribution in [3.8, 4) is 0 Å². The molecule has 0 radical (unpaired) electrons.